The third kappa shape index (κ3) is 3.38. The number of anilines is 1. The molecule has 7 heteroatoms. The summed E-state index contributed by atoms with van der Waals surface area (Å²) in [4.78, 5) is 14.5. The largest absolute Gasteiger partial charge is 0.508 e. The van der Waals surface area contributed by atoms with Gasteiger partial charge in [-0.2, -0.15) is 0 Å². The summed E-state index contributed by atoms with van der Waals surface area (Å²) in [5.74, 6) is -0.0445. The molecule has 2 aromatic rings. The monoisotopic (exact) mass is 381 g/mol. The van der Waals surface area contributed by atoms with E-state index < -0.39 is 0 Å². The average molecular weight is 382 g/mol. The third-order valence-corrected chi connectivity index (χ3v) is 5.19. The summed E-state index contributed by atoms with van der Waals surface area (Å²) in [6.07, 6.45) is 1.73. The quantitative estimate of drug-likeness (QED) is 0.579. The highest BCUT2D eigenvalue weighted by Crippen LogP contribution is 2.37. The highest BCUT2D eigenvalue weighted by molar-refractivity contribution is 8.27. The Balaban J connectivity index is 1.93. The van der Waals surface area contributed by atoms with Crippen molar-refractivity contribution in [1.82, 2.24) is 0 Å². The van der Waals surface area contributed by atoms with Gasteiger partial charge in [-0.15, -0.1) is 0 Å². The molecule has 1 saturated heterocycles. The second-order valence-electron chi connectivity index (χ2n) is 4.71. The first-order chi connectivity index (χ1) is 11.0. The number of carbonyl (C=O) groups excluding carboxylic acids is 1. The molecule has 1 aliphatic rings. The molecule has 0 radical (unpaired) electrons. The van der Waals surface area contributed by atoms with Crippen LogP contribution in [0.2, 0.25) is 10.0 Å². The van der Waals surface area contributed by atoms with Gasteiger partial charge in [-0.25, -0.2) is 0 Å². The molecule has 3 rings (SSSR count). The predicted octanol–water partition coefficient (Wildman–Crippen LogP) is 5.10. The number of hydrogen-bond donors (Lipinski definition) is 1. The number of halogens is 2. The first-order valence-corrected chi connectivity index (χ1v) is 8.46. The fourth-order valence-electron chi connectivity index (χ4n) is 2.04. The number of aromatic hydroxyl groups is 1. The highest BCUT2D eigenvalue weighted by Gasteiger charge is 2.33. The number of hydrogen-bond acceptors (Lipinski definition) is 4. The fraction of sp³-hybridized carbons (Fsp3) is 0. The van der Waals surface area contributed by atoms with Crippen LogP contribution in [-0.2, 0) is 4.79 Å². The molecule has 3 nitrogen and oxygen atoms in total. The van der Waals surface area contributed by atoms with Crippen molar-refractivity contribution in [3.8, 4) is 5.75 Å². The Kier molecular flexibility index (Phi) is 4.64. The van der Waals surface area contributed by atoms with Crippen molar-refractivity contribution in [3.63, 3.8) is 0 Å². The molecule has 2 aromatic carbocycles. The molecule has 1 aliphatic heterocycles. The first kappa shape index (κ1) is 16.3. The Bertz CT molecular complexity index is 834. The summed E-state index contributed by atoms with van der Waals surface area (Å²) < 4.78 is 0.429. The van der Waals surface area contributed by atoms with E-state index in [4.69, 9.17) is 35.4 Å². The van der Waals surface area contributed by atoms with E-state index in [9.17, 15) is 9.90 Å². The van der Waals surface area contributed by atoms with E-state index in [1.54, 1.807) is 48.5 Å². The lowest BCUT2D eigenvalue weighted by Gasteiger charge is -2.15. The summed E-state index contributed by atoms with van der Waals surface area (Å²) >= 11 is 18.4. The van der Waals surface area contributed by atoms with E-state index in [2.05, 4.69) is 0 Å². The molecule has 23 heavy (non-hydrogen) atoms. The Morgan fingerprint density at radius 3 is 2.43 bits per heavy atom. The van der Waals surface area contributed by atoms with Crippen LogP contribution in [0.15, 0.2) is 47.4 Å². The van der Waals surface area contributed by atoms with Crippen molar-refractivity contribution in [2.24, 2.45) is 0 Å². The molecule has 0 atom stereocenters. The van der Waals surface area contributed by atoms with Crippen LogP contribution in [0.1, 0.15) is 5.56 Å². The van der Waals surface area contributed by atoms with Crippen LogP contribution in [0.4, 0.5) is 5.69 Å². The fourth-order valence-corrected chi connectivity index (χ4v) is 3.63. The molecule has 0 saturated carbocycles. The summed E-state index contributed by atoms with van der Waals surface area (Å²) in [5, 5.41) is 10.1. The number of phenolic OH excluding ortho intramolecular Hbond substituents is 1. The molecule has 0 bridgehead atoms. The van der Waals surface area contributed by atoms with Crippen molar-refractivity contribution in [1.29, 1.82) is 0 Å². The van der Waals surface area contributed by atoms with Crippen molar-refractivity contribution in [3.05, 3.63) is 63.0 Å². The Morgan fingerprint density at radius 2 is 1.78 bits per heavy atom. The van der Waals surface area contributed by atoms with Crippen LogP contribution in [0.3, 0.4) is 0 Å². The van der Waals surface area contributed by atoms with E-state index >= 15 is 0 Å². The van der Waals surface area contributed by atoms with Crippen molar-refractivity contribution in [2.45, 2.75) is 0 Å². The number of carbonyl (C=O) groups is 1. The number of nitrogens with zero attached hydrogens (tertiary/aromatic N) is 1. The maximum Gasteiger partial charge on any atom is 0.270 e. The van der Waals surface area contributed by atoms with Gasteiger partial charge < -0.3 is 5.11 Å². The average Bonchev–Trinajstić information content (AvgIpc) is 2.79. The van der Waals surface area contributed by atoms with Crippen LogP contribution in [0.5, 0.6) is 5.75 Å². The number of amides is 1. The van der Waals surface area contributed by atoms with E-state index in [-0.39, 0.29) is 11.7 Å². The van der Waals surface area contributed by atoms with Crippen LogP contribution in [-0.4, -0.2) is 15.3 Å². The van der Waals surface area contributed by atoms with Gasteiger partial charge in [0.1, 0.15) is 5.75 Å². The van der Waals surface area contributed by atoms with Gasteiger partial charge in [0.2, 0.25) is 0 Å². The zero-order valence-corrected chi connectivity index (χ0v) is 14.6. The van der Waals surface area contributed by atoms with E-state index in [0.29, 0.717) is 25.0 Å². The number of phenols is 1. The van der Waals surface area contributed by atoms with E-state index in [1.165, 1.54) is 16.7 Å². The number of benzene rings is 2. The zero-order valence-electron chi connectivity index (χ0n) is 11.5. The minimum atomic E-state index is -0.216. The van der Waals surface area contributed by atoms with Crippen LogP contribution in [0.25, 0.3) is 6.08 Å². The minimum Gasteiger partial charge on any atom is -0.508 e. The maximum absolute atomic E-state index is 12.6. The number of thiocarbonyl (C=S) groups is 1. The van der Waals surface area contributed by atoms with Crippen molar-refractivity contribution < 1.29 is 9.90 Å². The van der Waals surface area contributed by atoms with Gasteiger partial charge in [0.15, 0.2) is 4.32 Å². The molecule has 1 fully saturated rings. The SMILES string of the molecule is O=C1/C(=C/c2ccc(O)cc2)SC(=S)N1c1ccc(Cl)c(Cl)c1. The van der Waals surface area contributed by atoms with Gasteiger partial charge >= 0.3 is 0 Å². The van der Waals surface area contributed by atoms with Gasteiger partial charge in [-0.05, 0) is 42.0 Å². The van der Waals surface area contributed by atoms with Gasteiger partial charge in [-0.3, -0.25) is 9.69 Å². The summed E-state index contributed by atoms with van der Waals surface area (Å²) in [6.45, 7) is 0. The number of rotatable bonds is 2. The summed E-state index contributed by atoms with van der Waals surface area (Å²) in [5.41, 5.74) is 1.38. The van der Waals surface area contributed by atoms with Crippen LogP contribution in [0, 0.1) is 0 Å². The smallest absolute Gasteiger partial charge is 0.270 e. The lowest BCUT2D eigenvalue weighted by Crippen LogP contribution is -2.27. The molecule has 0 unspecified atom stereocenters. The maximum atomic E-state index is 12.6. The highest BCUT2D eigenvalue weighted by atomic mass is 35.5. The molecule has 0 aliphatic carbocycles. The first-order valence-electron chi connectivity index (χ1n) is 6.48. The molecule has 1 heterocycles. The number of thioether (sulfide) groups is 1. The Labute approximate surface area is 152 Å². The lowest BCUT2D eigenvalue weighted by molar-refractivity contribution is -0.113. The molecule has 1 N–H and O–H groups in total. The predicted molar refractivity (Wildman–Crippen MR) is 100 cm³/mol. The molecule has 0 aromatic heterocycles. The second-order valence-corrected chi connectivity index (χ2v) is 7.20. The zero-order chi connectivity index (χ0) is 16.6. The van der Waals surface area contributed by atoms with Gasteiger partial charge in [-0.1, -0.05) is 59.3 Å². The molecular formula is C16H9Cl2NO2S2. The molecule has 116 valence electrons. The van der Waals surface area contributed by atoms with Gasteiger partial charge in [0.05, 0.1) is 20.6 Å². The Morgan fingerprint density at radius 1 is 1.09 bits per heavy atom. The second kappa shape index (κ2) is 6.53. The van der Waals surface area contributed by atoms with Crippen LogP contribution >= 0.6 is 47.2 Å². The van der Waals surface area contributed by atoms with E-state index in [0.717, 1.165) is 5.56 Å². The third-order valence-electron chi connectivity index (χ3n) is 3.15. The summed E-state index contributed by atoms with van der Waals surface area (Å²) in [6, 6.07) is 11.5. The normalized spacial score (nSPS) is 16.4. The van der Waals surface area contributed by atoms with Crippen molar-refractivity contribution in [2.75, 3.05) is 4.90 Å². The van der Waals surface area contributed by atoms with E-state index in [1.807, 2.05) is 0 Å². The van der Waals surface area contributed by atoms with Gasteiger partial charge in [0, 0.05) is 0 Å². The molecule has 1 amide bonds. The minimum absolute atomic E-state index is 0.172. The topological polar surface area (TPSA) is 40.5 Å². The standard InChI is InChI=1S/C16H9Cl2NO2S2/c17-12-6-3-10(8-13(12)18)19-15(21)14(23-16(19)22)7-9-1-4-11(20)5-2-9/h1-8,20H/b14-7-. The Hall–Kier alpha value is -1.53. The van der Waals surface area contributed by atoms with Crippen molar-refractivity contribution >= 4 is 69.2 Å². The molecule has 0 spiro atoms. The molecular weight excluding hydrogens is 373 g/mol. The summed E-state index contributed by atoms with van der Waals surface area (Å²) in [7, 11) is 0. The van der Waals surface area contributed by atoms with Gasteiger partial charge in [0.25, 0.3) is 5.91 Å². The van der Waals surface area contributed by atoms with Crippen LogP contribution < -0.4 is 4.90 Å². The lowest BCUT2D eigenvalue weighted by atomic mass is 10.2.